The van der Waals surface area contributed by atoms with Gasteiger partial charge in [-0.2, -0.15) is 4.73 Å². The van der Waals surface area contributed by atoms with Crippen molar-refractivity contribution in [3.8, 4) is 0 Å². The molecule has 0 fully saturated rings. The Kier molecular flexibility index (Phi) is 18.1. The van der Waals surface area contributed by atoms with E-state index in [1.54, 1.807) is 20.8 Å². The number of carbonyl (C=O) groups excluding carboxylic acids is 6. The van der Waals surface area contributed by atoms with Crippen LogP contribution in [0.5, 0.6) is 0 Å². The van der Waals surface area contributed by atoms with E-state index in [0.29, 0.717) is 24.1 Å². The van der Waals surface area contributed by atoms with Crippen LogP contribution in [-0.2, 0) is 24.0 Å². The fourth-order valence-electron chi connectivity index (χ4n) is 4.88. The van der Waals surface area contributed by atoms with Crippen molar-refractivity contribution < 1.29 is 33.5 Å². The predicted octanol–water partition coefficient (Wildman–Crippen LogP) is 0.000700. The molecule has 8 N–H and O–H groups in total. The second-order valence-corrected chi connectivity index (χ2v) is 12.9. The van der Waals surface area contributed by atoms with Crippen LogP contribution in [-0.4, -0.2) is 78.7 Å². The van der Waals surface area contributed by atoms with Crippen molar-refractivity contribution in [2.24, 2.45) is 23.5 Å². The highest BCUT2D eigenvalue weighted by atomic mass is 16.5. The first-order valence-corrected chi connectivity index (χ1v) is 16.7. The Bertz CT molecular complexity index is 1220. The van der Waals surface area contributed by atoms with Gasteiger partial charge in [0.25, 0.3) is 5.91 Å². The molecule has 1 rings (SSSR count). The molecule has 0 aliphatic carbocycles. The Hall–Kier alpha value is -4.27. The lowest BCUT2D eigenvalue weighted by atomic mass is 9.97. The number of pyridine rings is 1. The molecular weight excluding hydrogens is 620 g/mol. The average Bonchev–Trinajstić information content (AvgIpc) is 3.02. The molecule has 0 unspecified atom stereocenters. The van der Waals surface area contributed by atoms with Crippen molar-refractivity contribution in [2.75, 3.05) is 13.1 Å². The second-order valence-electron chi connectivity index (χ2n) is 12.9. The number of nitrogens with zero attached hydrogens (tertiary/aromatic N) is 1. The van der Waals surface area contributed by atoms with Crippen LogP contribution >= 0.6 is 0 Å². The highest BCUT2D eigenvalue weighted by Crippen LogP contribution is 2.12. The zero-order chi connectivity index (χ0) is 36.6. The van der Waals surface area contributed by atoms with Gasteiger partial charge in [0.15, 0.2) is 12.4 Å². The van der Waals surface area contributed by atoms with Crippen LogP contribution in [0, 0.1) is 23.0 Å². The van der Waals surface area contributed by atoms with E-state index in [2.05, 4.69) is 31.9 Å². The Morgan fingerprint density at radius 2 is 1.44 bits per heavy atom. The minimum atomic E-state index is -1.15. The molecule has 0 aliphatic rings. The quantitative estimate of drug-likeness (QED) is 0.0691. The summed E-state index contributed by atoms with van der Waals surface area (Å²) in [5.74, 6) is -3.34. The van der Waals surface area contributed by atoms with Crippen molar-refractivity contribution in [1.29, 1.82) is 0 Å². The van der Waals surface area contributed by atoms with Gasteiger partial charge in [-0.15, -0.1) is 0 Å². The summed E-state index contributed by atoms with van der Waals surface area (Å²) in [6.45, 7) is 15.4. The molecule has 6 amide bonds. The molecule has 0 aliphatic heterocycles. The number of nitrogens with two attached hydrogens (primary N) is 1. The molecule has 0 saturated heterocycles. The van der Waals surface area contributed by atoms with E-state index in [-0.39, 0.29) is 54.5 Å². The van der Waals surface area contributed by atoms with Gasteiger partial charge in [0.2, 0.25) is 29.5 Å². The summed E-state index contributed by atoms with van der Waals surface area (Å²) in [7, 11) is 0. The van der Waals surface area contributed by atoms with Crippen molar-refractivity contribution in [3.63, 3.8) is 0 Å². The number of nitrogens with one attached hydrogen (secondary N) is 6. The summed E-state index contributed by atoms with van der Waals surface area (Å²) in [5.41, 5.74) is 5.55. The van der Waals surface area contributed by atoms with E-state index in [1.165, 1.54) is 24.5 Å². The standard InChI is InChI=1S/C33H56N8O7/c1-9-21(7)28(40-30(44)23-13-15-41(48)16-14-23)33(47)38-25(11-12-26(34)42)31(45)37-24(17-19(3)4)18-36-22(8)29(43)39-27(20(5)6)32(46)35-10-2/h13-16,19-22,24-25,27-28,36H,9-12,17-18H2,1-8H3,(H2,34,42)(H,35,46)(H,37,45)(H,38,47)(H,39,43)(H,40,44)/t21-,22-,24-,25-,27-,28-/m0/s1. The maximum Gasteiger partial charge on any atom is 0.252 e. The van der Waals surface area contributed by atoms with Crippen LogP contribution in [0.1, 0.15) is 91.4 Å². The second kappa shape index (κ2) is 20.9. The van der Waals surface area contributed by atoms with Crippen LogP contribution < -0.4 is 42.4 Å². The van der Waals surface area contributed by atoms with Gasteiger partial charge in [0.05, 0.1) is 11.6 Å². The Morgan fingerprint density at radius 3 is 1.96 bits per heavy atom. The third kappa shape index (κ3) is 14.7. The number of likely N-dealkylation sites (N-methyl/N-ethyl adjacent to an activating group) is 1. The number of primary amides is 1. The van der Waals surface area contributed by atoms with Gasteiger partial charge in [0, 0.05) is 37.7 Å². The molecule has 15 nitrogen and oxygen atoms in total. The summed E-state index contributed by atoms with van der Waals surface area (Å²) >= 11 is 0. The lowest BCUT2D eigenvalue weighted by molar-refractivity contribution is -0.605. The van der Waals surface area contributed by atoms with Gasteiger partial charge >= 0.3 is 0 Å². The molecule has 48 heavy (non-hydrogen) atoms. The lowest BCUT2D eigenvalue weighted by Gasteiger charge is -2.29. The van der Waals surface area contributed by atoms with Crippen LogP contribution in [0.25, 0.3) is 0 Å². The van der Waals surface area contributed by atoms with Gasteiger partial charge < -0.3 is 42.8 Å². The SMILES string of the molecule is CCNC(=O)[C@@H](NC(=O)[C@H](C)NC[C@H](CC(C)C)NC(=O)[C@H](CCC(N)=O)NC(=O)[C@@H](NC(=O)c1cc[n+]([O-])cc1)[C@@H](C)CC)C(C)C. The summed E-state index contributed by atoms with van der Waals surface area (Å²) < 4.78 is 0.533. The number of amides is 6. The minimum Gasteiger partial charge on any atom is -0.619 e. The molecule has 0 bridgehead atoms. The van der Waals surface area contributed by atoms with Gasteiger partial charge in [-0.25, -0.2) is 0 Å². The van der Waals surface area contributed by atoms with Crippen molar-refractivity contribution in [2.45, 2.75) is 111 Å². The van der Waals surface area contributed by atoms with Gasteiger partial charge in [-0.05, 0) is 44.4 Å². The van der Waals surface area contributed by atoms with Crippen LogP contribution in [0.15, 0.2) is 24.5 Å². The van der Waals surface area contributed by atoms with Gasteiger partial charge in [-0.3, -0.25) is 28.8 Å². The summed E-state index contributed by atoms with van der Waals surface area (Å²) in [6, 6.07) is -1.37. The topological polar surface area (TPSA) is 228 Å². The number of rotatable bonds is 21. The molecule has 1 aromatic rings. The number of hydrogen-bond acceptors (Lipinski definition) is 8. The third-order valence-electron chi connectivity index (χ3n) is 7.92. The number of aromatic nitrogens is 1. The van der Waals surface area contributed by atoms with Crippen LogP contribution in [0.4, 0.5) is 0 Å². The third-order valence-corrected chi connectivity index (χ3v) is 7.92. The number of carbonyl (C=O) groups is 6. The number of hydrogen-bond donors (Lipinski definition) is 7. The molecule has 6 atom stereocenters. The molecular formula is C33H56N8O7. The predicted molar refractivity (Wildman–Crippen MR) is 181 cm³/mol. The van der Waals surface area contributed by atoms with E-state index in [9.17, 15) is 34.0 Å². The van der Waals surface area contributed by atoms with Crippen molar-refractivity contribution in [3.05, 3.63) is 35.3 Å². The fourth-order valence-corrected chi connectivity index (χ4v) is 4.88. The minimum absolute atomic E-state index is 0.0761. The normalized spacial score (nSPS) is 15.0. The first kappa shape index (κ1) is 41.8. The van der Waals surface area contributed by atoms with Crippen molar-refractivity contribution >= 4 is 35.4 Å². The summed E-state index contributed by atoms with van der Waals surface area (Å²) in [4.78, 5) is 77.1. The van der Waals surface area contributed by atoms with E-state index in [4.69, 9.17) is 5.73 Å². The van der Waals surface area contributed by atoms with Crippen molar-refractivity contribution in [1.82, 2.24) is 31.9 Å². The highest BCUT2D eigenvalue weighted by Gasteiger charge is 2.32. The molecule has 0 saturated carbocycles. The first-order valence-electron chi connectivity index (χ1n) is 16.7. The Labute approximate surface area is 283 Å². The molecule has 0 spiro atoms. The fraction of sp³-hybridized carbons (Fsp3) is 0.667. The average molecular weight is 677 g/mol. The highest BCUT2D eigenvalue weighted by molar-refractivity contribution is 5.98. The van der Waals surface area contributed by atoms with Crippen LogP contribution in [0.2, 0.25) is 0 Å². The molecule has 1 heterocycles. The van der Waals surface area contributed by atoms with Gasteiger partial charge in [0.1, 0.15) is 18.1 Å². The molecule has 1 aromatic heterocycles. The smallest absolute Gasteiger partial charge is 0.252 e. The zero-order valence-electron chi connectivity index (χ0n) is 29.6. The first-order chi connectivity index (χ1) is 22.5. The lowest BCUT2D eigenvalue weighted by Crippen LogP contribution is -2.58. The molecule has 15 heteroatoms. The molecule has 0 aromatic carbocycles. The summed E-state index contributed by atoms with van der Waals surface area (Å²) in [6.07, 6.45) is 3.14. The molecule has 0 radical (unpaired) electrons. The Balaban J connectivity index is 3.08. The van der Waals surface area contributed by atoms with E-state index in [0.717, 1.165) is 0 Å². The zero-order valence-corrected chi connectivity index (χ0v) is 29.6. The maximum atomic E-state index is 13.6. The largest absolute Gasteiger partial charge is 0.619 e. The maximum absolute atomic E-state index is 13.6. The molecule has 270 valence electrons. The van der Waals surface area contributed by atoms with Crippen LogP contribution in [0.3, 0.4) is 0 Å². The summed E-state index contributed by atoms with van der Waals surface area (Å²) in [5, 5.41) is 28.4. The van der Waals surface area contributed by atoms with E-state index in [1.807, 2.05) is 34.6 Å². The van der Waals surface area contributed by atoms with Gasteiger partial charge in [-0.1, -0.05) is 48.0 Å². The van der Waals surface area contributed by atoms with E-state index < -0.39 is 53.8 Å². The Morgan fingerprint density at radius 1 is 0.812 bits per heavy atom. The monoisotopic (exact) mass is 676 g/mol. The van der Waals surface area contributed by atoms with E-state index >= 15 is 0 Å².